The van der Waals surface area contributed by atoms with E-state index in [9.17, 15) is 4.79 Å². The van der Waals surface area contributed by atoms with Gasteiger partial charge in [-0.3, -0.25) is 9.79 Å². The van der Waals surface area contributed by atoms with Crippen molar-refractivity contribution in [2.75, 3.05) is 45.1 Å². The van der Waals surface area contributed by atoms with E-state index in [1.54, 1.807) is 7.05 Å². The van der Waals surface area contributed by atoms with Crippen molar-refractivity contribution in [3.05, 3.63) is 29.8 Å². The normalized spacial score (nSPS) is 15.7. The molecule has 1 aliphatic rings. The lowest BCUT2D eigenvalue weighted by molar-refractivity contribution is -0.114. The van der Waals surface area contributed by atoms with E-state index in [-0.39, 0.29) is 5.91 Å². The second-order valence-corrected chi connectivity index (χ2v) is 6.46. The minimum absolute atomic E-state index is 0.0474. The number of nitrogens with one attached hydrogen (secondary N) is 3. The average Bonchev–Trinajstić information content (AvgIpc) is 2.62. The molecule has 1 saturated heterocycles. The van der Waals surface area contributed by atoms with E-state index >= 15 is 0 Å². The minimum atomic E-state index is -0.0474. The van der Waals surface area contributed by atoms with Crippen LogP contribution in [0.3, 0.4) is 0 Å². The van der Waals surface area contributed by atoms with Crippen molar-refractivity contribution >= 4 is 17.6 Å². The highest BCUT2D eigenvalue weighted by molar-refractivity contribution is 5.88. The lowest BCUT2D eigenvalue weighted by atomic mass is 10.1. The van der Waals surface area contributed by atoms with Crippen LogP contribution >= 0.6 is 0 Å². The van der Waals surface area contributed by atoms with Crippen LogP contribution in [0.4, 0.5) is 5.69 Å². The van der Waals surface area contributed by atoms with Crippen molar-refractivity contribution in [3.63, 3.8) is 0 Å². The van der Waals surface area contributed by atoms with E-state index in [1.165, 1.54) is 44.8 Å². The van der Waals surface area contributed by atoms with Gasteiger partial charge in [0.2, 0.25) is 5.91 Å². The molecule has 1 aliphatic heterocycles. The molecule has 0 bridgehead atoms. The third-order valence-corrected chi connectivity index (χ3v) is 4.37. The van der Waals surface area contributed by atoms with Gasteiger partial charge in [0.15, 0.2) is 5.96 Å². The van der Waals surface area contributed by atoms with Crippen LogP contribution in [-0.4, -0.2) is 56.5 Å². The summed E-state index contributed by atoms with van der Waals surface area (Å²) >= 11 is 0. The second kappa shape index (κ2) is 10.7. The van der Waals surface area contributed by atoms with Gasteiger partial charge in [-0.25, -0.2) is 0 Å². The third kappa shape index (κ3) is 7.56. The van der Waals surface area contributed by atoms with E-state index < -0.39 is 0 Å². The molecule has 138 valence electrons. The van der Waals surface area contributed by atoms with E-state index in [2.05, 4.69) is 25.8 Å². The van der Waals surface area contributed by atoms with Crippen LogP contribution in [-0.2, 0) is 11.2 Å². The molecule has 1 amide bonds. The maximum Gasteiger partial charge on any atom is 0.221 e. The Morgan fingerprint density at radius 3 is 2.40 bits per heavy atom. The molecule has 6 nitrogen and oxygen atoms in total. The zero-order valence-electron chi connectivity index (χ0n) is 15.5. The first-order valence-electron chi connectivity index (χ1n) is 9.21. The molecule has 0 spiro atoms. The minimum Gasteiger partial charge on any atom is -0.356 e. The Hall–Kier alpha value is -2.08. The lowest BCUT2D eigenvalue weighted by Crippen LogP contribution is -2.43. The topological polar surface area (TPSA) is 68.8 Å². The highest BCUT2D eigenvalue weighted by Crippen LogP contribution is 2.09. The van der Waals surface area contributed by atoms with Crippen LogP contribution in [0, 0.1) is 0 Å². The number of likely N-dealkylation sites (tertiary alicyclic amines) is 1. The number of rotatable bonds is 7. The summed E-state index contributed by atoms with van der Waals surface area (Å²) in [6, 6.07) is 7.95. The first kappa shape index (κ1) is 19.2. The largest absolute Gasteiger partial charge is 0.356 e. The summed E-state index contributed by atoms with van der Waals surface area (Å²) in [6.45, 7) is 6.78. The number of hydrogen-bond acceptors (Lipinski definition) is 3. The molecule has 0 saturated carbocycles. The van der Waals surface area contributed by atoms with Crippen LogP contribution in [0.15, 0.2) is 29.3 Å². The van der Waals surface area contributed by atoms with Gasteiger partial charge in [0, 0.05) is 39.3 Å². The Labute approximate surface area is 151 Å². The molecule has 0 atom stereocenters. The number of carbonyl (C=O) groups is 1. The van der Waals surface area contributed by atoms with Crippen LogP contribution in [0.25, 0.3) is 0 Å². The van der Waals surface area contributed by atoms with Crippen LogP contribution in [0.5, 0.6) is 0 Å². The van der Waals surface area contributed by atoms with Crippen molar-refractivity contribution in [2.24, 2.45) is 4.99 Å². The van der Waals surface area contributed by atoms with Gasteiger partial charge < -0.3 is 20.9 Å². The monoisotopic (exact) mass is 345 g/mol. The van der Waals surface area contributed by atoms with Gasteiger partial charge in [-0.1, -0.05) is 18.6 Å². The van der Waals surface area contributed by atoms with Crippen molar-refractivity contribution in [1.82, 2.24) is 15.5 Å². The fourth-order valence-corrected chi connectivity index (χ4v) is 3.02. The number of aliphatic imine (C=N–C) groups is 1. The van der Waals surface area contributed by atoms with Gasteiger partial charge in [-0.05, 0) is 50.0 Å². The number of hydrogen-bond donors (Lipinski definition) is 3. The first-order chi connectivity index (χ1) is 12.2. The Kier molecular flexibility index (Phi) is 8.25. The molecule has 3 N–H and O–H groups in total. The number of guanidine groups is 1. The van der Waals surface area contributed by atoms with E-state index in [1.807, 2.05) is 24.3 Å². The van der Waals surface area contributed by atoms with Crippen LogP contribution in [0.2, 0.25) is 0 Å². The molecule has 1 heterocycles. The van der Waals surface area contributed by atoms with Crippen molar-refractivity contribution in [2.45, 2.75) is 32.6 Å². The lowest BCUT2D eigenvalue weighted by Gasteiger charge is -2.26. The summed E-state index contributed by atoms with van der Waals surface area (Å²) < 4.78 is 0. The fourth-order valence-electron chi connectivity index (χ4n) is 3.02. The molecule has 0 aliphatic carbocycles. The highest BCUT2D eigenvalue weighted by atomic mass is 16.1. The molecule has 1 aromatic carbocycles. The van der Waals surface area contributed by atoms with Crippen molar-refractivity contribution < 1.29 is 4.79 Å². The zero-order chi connectivity index (χ0) is 17.9. The van der Waals surface area contributed by atoms with Crippen molar-refractivity contribution in [3.8, 4) is 0 Å². The molecule has 0 radical (unpaired) electrons. The molecule has 0 aromatic heterocycles. The Morgan fingerprint density at radius 2 is 1.76 bits per heavy atom. The number of amides is 1. The Bertz CT molecular complexity index is 549. The molecular weight excluding hydrogens is 314 g/mol. The molecule has 25 heavy (non-hydrogen) atoms. The standard InChI is InChI=1S/C19H31N5O/c1-16(25)23-18-8-6-17(7-9-18)10-11-21-19(20-2)22-12-15-24-13-4-3-5-14-24/h6-9H,3-5,10-15H2,1-2H3,(H,23,25)(H2,20,21,22). The second-order valence-electron chi connectivity index (χ2n) is 6.46. The zero-order valence-corrected chi connectivity index (χ0v) is 15.5. The van der Waals surface area contributed by atoms with Gasteiger partial charge in [0.1, 0.15) is 0 Å². The highest BCUT2D eigenvalue weighted by Gasteiger charge is 2.09. The summed E-state index contributed by atoms with van der Waals surface area (Å²) in [4.78, 5) is 17.8. The third-order valence-electron chi connectivity index (χ3n) is 4.37. The fraction of sp³-hybridized carbons (Fsp3) is 0.579. The molecule has 1 aromatic rings. The first-order valence-corrected chi connectivity index (χ1v) is 9.21. The van der Waals surface area contributed by atoms with Crippen molar-refractivity contribution in [1.29, 1.82) is 0 Å². The van der Waals surface area contributed by atoms with Crippen LogP contribution < -0.4 is 16.0 Å². The molecule has 6 heteroatoms. The van der Waals surface area contributed by atoms with Gasteiger partial charge in [-0.15, -0.1) is 0 Å². The maximum atomic E-state index is 11.0. The van der Waals surface area contributed by atoms with Gasteiger partial charge in [0.25, 0.3) is 0 Å². The van der Waals surface area contributed by atoms with E-state index in [0.29, 0.717) is 0 Å². The van der Waals surface area contributed by atoms with Gasteiger partial charge >= 0.3 is 0 Å². The Morgan fingerprint density at radius 1 is 1.08 bits per heavy atom. The summed E-state index contributed by atoms with van der Waals surface area (Å²) in [7, 11) is 1.80. The predicted molar refractivity (Wildman–Crippen MR) is 104 cm³/mol. The SMILES string of the molecule is CN=C(NCCc1ccc(NC(C)=O)cc1)NCCN1CCCCC1. The number of anilines is 1. The van der Waals surface area contributed by atoms with Gasteiger partial charge in [0.05, 0.1) is 0 Å². The maximum absolute atomic E-state index is 11.0. The molecule has 1 fully saturated rings. The number of nitrogens with zero attached hydrogens (tertiary/aromatic N) is 2. The number of piperidine rings is 1. The predicted octanol–water partition coefficient (Wildman–Crippen LogP) is 1.84. The van der Waals surface area contributed by atoms with E-state index in [0.717, 1.165) is 37.7 Å². The number of benzene rings is 1. The van der Waals surface area contributed by atoms with Gasteiger partial charge in [-0.2, -0.15) is 0 Å². The molecule has 2 rings (SSSR count). The molecule has 0 unspecified atom stereocenters. The summed E-state index contributed by atoms with van der Waals surface area (Å²) in [6.07, 6.45) is 4.94. The quantitative estimate of drug-likeness (QED) is 0.521. The van der Waals surface area contributed by atoms with E-state index in [4.69, 9.17) is 0 Å². The smallest absolute Gasteiger partial charge is 0.221 e. The van der Waals surface area contributed by atoms with Crippen LogP contribution in [0.1, 0.15) is 31.7 Å². The summed E-state index contributed by atoms with van der Waals surface area (Å²) in [5, 5.41) is 9.51. The Balaban J connectivity index is 1.64. The molecular formula is C19H31N5O. The number of carbonyl (C=O) groups excluding carboxylic acids is 1. The average molecular weight is 345 g/mol. The summed E-state index contributed by atoms with van der Waals surface area (Å²) in [5.74, 6) is 0.806. The summed E-state index contributed by atoms with van der Waals surface area (Å²) in [5.41, 5.74) is 2.06.